The minimum atomic E-state index is -0.320. The lowest BCUT2D eigenvalue weighted by molar-refractivity contribution is -0.123. The third-order valence-electron chi connectivity index (χ3n) is 3.50. The van der Waals surface area contributed by atoms with Crippen LogP contribution in [0, 0.1) is 6.92 Å². The predicted molar refractivity (Wildman–Crippen MR) is 98.0 cm³/mol. The monoisotopic (exact) mass is 344 g/mol. The van der Waals surface area contributed by atoms with Gasteiger partial charge in [-0.1, -0.05) is 49.7 Å². The highest BCUT2D eigenvalue weighted by atomic mass is 35.5. The maximum atomic E-state index is 11.8. The summed E-state index contributed by atoms with van der Waals surface area (Å²) in [6, 6.07) is 13.3. The van der Waals surface area contributed by atoms with Gasteiger partial charge in [-0.15, -0.1) is 0 Å². The third-order valence-corrected chi connectivity index (χ3v) is 3.74. The van der Waals surface area contributed by atoms with Crippen LogP contribution in [-0.2, 0) is 4.79 Å². The number of carbonyl (C=O) groups excluding carboxylic acids is 1. The van der Waals surface area contributed by atoms with Crippen molar-refractivity contribution in [3.63, 3.8) is 0 Å². The summed E-state index contributed by atoms with van der Waals surface area (Å²) in [5.41, 5.74) is 5.52. The molecule has 0 aromatic heterocycles. The smallest absolute Gasteiger partial charge is 0.277 e. The molecule has 5 heteroatoms. The van der Waals surface area contributed by atoms with E-state index in [-0.39, 0.29) is 12.5 Å². The lowest BCUT2D eigenvalue weighted by Crippen LogP contribution is -2.24. The third kappa shape index (κ3) is 5.39. The van der Waals surface area contributed by atoms with Gasteiger partial charge in [0.05, 0.1) is 6.21 Å². The average molecular weight is 345 g/mol. The van der Waals surface area contributed by atoms with Crippen LogP contribution in [0.15, 0.2) is 47.6 Å². The van der Waals surface area contributed by atoms with Gasteiger partial charge in [-0.05, 0) is 47.7 Å². The Kier molecular flexibility index (Phi) is 6.38. The van der Waals surface area contributed by atoms with E-state index < -0.39 is 0 Å². The summed E-state index contributed by atoms with van der Waals surface area (Å²) in [6.45, 7) is 6.06. The number of rotatable bonds is 6. The Morgan fingerprint density at radius 2 is 1.96 bits per heavy atom. The van der Waals surface area contributed by atoms with Gasteiger partial charge in [0.2, 0.25) is 0 Å². The first-order chi connectivity index (χ1) is 11.5. The van der Waals surface area contributed by atoms with Crippen molar-refractivity contribution >= 4 is 23.7 Å². The first kappa shape index (κ1) is 18.0. The second-order valence-electron chi connectivity index (χ2n) is 5.81. The summed E-state index contributed by atoms with van der Waals surface area (Å²) < 4.78 is 5.45. The zero-order valence-corrected chi connectivity index (χ0v) is 14.8. The molecule has 24 heavy (non-hydrogen) atoms. The summed E-state index contributed by atoms with van der Waals surface area (Å²) >= 11 is 5.88. The fourth-order valence-corrected chi connectivity index (χ4v) is 2.32. The number of nitrogens with one attached hydrogen (secondary N) is 1. The van der Waals surface area contributed by atoms with Gasteiger partial charge in [0.25, 0.3) is 5.91 Å². The van der Waals surface area contributed by atoms with Crippen molar-refractivity contribution in [2.45, 2.75) is 26.7 Å². The van der Waals surface area contributed by atoms with Gasteiger partial charge in [0.1, 0.15) is 5.75 Å². The molecule has 126 valence electrons. The molecule has 1 N–H and O–H groups in total. The molecule has 0 fully saturated rings. The average Bonchev–Trinajstić information content (AvgIpc) is 2.54. The summed E-state index contributed by atoms with van der Waals surface area (Å²) in [6.07, 6.45) is 1.61. The molecule has 0 atom stereocenters. The van der Waals surface area contributed by atoms with E-state index in [1.807, 2.05) is 19.1 Å². The van der Waals surface area contributed by atoms with Crippen LogP contribution in [0.25, 0.3) is 0 Å². The Bertz CT molecular complexity index is 725. The minimum Gasteiger partial charge on any atom is -0.483 e. The largest absolute Gasteiger partial charge is 0.483 e. The van der Waals surface area contributed by atoms with E-state index in [1.165, 1.54) is 5.56 Å². The van der Waals surface area contributed by atoms with E-state index >= 15 is 0 Å². The Balaban J connectivity index is 1.82. The molecule has 2 aromatic rings. The molecule has 2 rings (SSSR count). The topological polar surface area (TPSA) is 50.7 Å². The van der Waals surface area contributed by atoms with E-state index in [4.69, 9.17) is 16.3 Å². The van der Waals surface area contributed by atoms with E-state index in [2.05, 4.69) is 36.5 Å². The van der Waals surface area contributed by atoms with Crippen molar-refractivity contribution in [2.24, 2.45) is 5.10 Å². The highest BCUT2D eigenvalue weighted by molar-refractivity contribution is 6.30. The molecule has 4 nitrogen and oxygen atoms in total. The molecule has 2 aromatic carbocycles. The standard InChI is InChI=1S/C19H21ClN2O2/c1-13(2)16-6-4-15(5-7-16)11-21-22-19(23)12-24-18-9-8-17(20)10-14(18)3/h4-11,13H,12H2,1-3H3,(H,22,23)/b21-11-. The SMILES string of the molecule is Cc1cc(Cl)ccc1OCC(=O)N/N=C\c1ccc(C(C)C)cc1. The molecular formula is C19H21ClN2O2. The number of aryl methyl sites for hydroxylation is 1. The van der Waals surface area contributed by atoms with Crippen LogP contribution in [0.5, 0.6) is 5.75 Å². The van der Waals surface area contributed by atoms with Crippen molar-refractivity contribution in [2.75, 3.05) is 6.61 Å². The second kappa shape index (κ2) is 8.50. The summed E-state index contributed by atoms with van der Waals surface area (Å²) in [4.78, 5) is 11.8. The van der Waals surface area contributed by atoms with Gasteiger partial charge in [0, 0.05) is 5.02 Å². The van der Waals surface area contributed by atoms with Crippen LogP contribution in [0.3, 0.4) is 0 Å². The quantitative estimate of drug-likeness (QED) is 0.627. The van der Waals surface area contributed by atoms with E-state index in [0.29, 0.717) is 16.7 Å². The molecule has 0 saturated carbocycles. The van der Waals surface area contributed by atoms with Crippen LogP contribution >= 0.6 is 11.6 Å². The molecule has 1 amide bonds. The number of carbonyl (C=O) groups is 1. The lowest BCUT2D eigenvalue weighted by atomic mass is 10.0. The molecule has 0 aliphatic heterocycles. The molecule has 0 aliphatic rings. The zero-order valence-electron chi connectivity index (χ0n) is 14.0. The first-order valence-corrected chi connectivity index (χ1v) is 8.14. The van der Waals surface area contributed by atoms with Crippen LogP contribution in [0.2, 0.25) is 5.02 Å². The number of hydrogen-bond acceptors (Lipinski definition) is 3. The fraction of sp³-hybridized carbons (Fsp3) is 0.263. The van der Waals surface area contributed by atoms with E-state index in [1.54, 1.807) is 24.4 Å². The van der Waals surface area contributed by atoms with Crippen molar-refractivity contribution in [1.82, 2.24) is 5.43 Å². The molecule has 0 heterocycles. The van der Waals surface area contributed by atoms with Gasteiger partial charge in [-0.25, -0.2) is 5.43 Å². The van der Waals surface area contributed by atoms with E-state index in [9.17, 15) is 4.79 Å². The molecule has 0 saturated heterocycles. The van der Waals surface area contributed by atoms with Gasteiger partial charge in [0.15, 0.2) is 6.61 Å². The van der Waals surface area contributed by atoms with Gasteiger partial charge in [-0.3, -0.25) is 4.79 Å². The molecule has 0 unspecified atom stereocenters. The Morgan fingerprint density at radius 1 is 1.25 bits per heavy atom. The highest BCUT2D eigenvalue weighted by Gasteiger charge is 2.04. The Morgan fingerprint density at radius 3 is 2.58 bits per heavy atom. The Labute approximate surface area is 147 Å². The minimum absolute atomic E-state index is 0.105. The molecule has 0 aliphatic carbocycles. The fourth-order valence-electron chi connectivity index (χ4n) is 2.10. The van der Waals surface area contributed by atoms with Crippen molar-refractivity contribution in [3.8, 4) is 5.75 Å². The summed E-state index contributed by atoms with van der Waals surface area (Å²) in [7, 11) is 0. The number of hydrogen-bond donors (Lipinski definition) is 1. The van der Waals surface area contributed by atoms with Gasteiger partial charge >= 0.3 is 0 Å². The van der Waals surface area contributed by atoms with Crippen molar-refractivity contribution in [3.05, 3.63) is 64.2 Å². The van der Waals surface area contributed by atoms with Crippen LogP contribution in [0.1, 0.15) is 36.5 Å². The maximum Gasteiger partial charge on any atom is 0.277 e. The summed E-state index contributed by atoms with van der Waals surface area (Å²) in [5, 5.41) is 4.58. The number of amides is 1. The number of benzene rings is 2. The van der Waals surface area contributed by atoms with E-state index in [0.717, 1.165) is 11.1 Å². The summed E-state index contributed by atoms with van der Waals surface area (Å²) in [5.74, 6) is 0.798. The van der Waals surface area contributed by atoms with Crippen molar-refractivity contribution < 1.29 is 9.53 Å². The van der Waals surface area contributed by atoms with Crippen LogP contribution in [-0.4, -0.2) is 18.7 Å². The lowest BCUT2D eigenvalue weighted by Gasteiger charge is -2.08. The number of halogens is 1. The maximum absolute atomic E-state index is 11.8. The predicted octanol–water partition coefficient (Wildman–Crippen LogP) is 4.30. The van der Waals surface area contributed by atoms with Gasteiger partial charge < -0.3 is 4.74 Å². The molecule has 0 radical (unpaired) electrons. The number of nitrogens with zero attached hydrogens (tertiary/aromatic N) is 1. The zero-order chi connectivity index (χ0) is 17.5. The van der Waals surface area contributed by atoms with Crippen LogP contribution in [0.4, 0.5) is 0 Å². The van der Waals surface area contributed by atoms with Crippen molar-refractivity contribution in [1.29, 1.82) is 0 Å². The highest BCUT2D eigenvalue weighted by Crippen LogP contribution is 2.21. The van der Waals surface area contributed by atoms with Crippen LogP contribution < -0.4 is 10.2 Å². The molecule has 0 bridgehead atoms. The second-order valence-corrected chi connectivity index (χ2v) is 6.25. The number of hydrazone groups is 1. The Hall–Kier alpha value is -2.33. The molecular weight excluding hydrogens is 324 g/mol. The first-order valence-electron chi connectivity index (χ1n) is 7.76. The van der Waals surface area contributed by atoms with Gasteiger partial charge in [-0.2, -0.15) is 5.10 Å². The number of ether oxygens (including phenoxy) is 1. The molecule has 0 spiro atoms. The normalized spacial score (nSPS) is 11.0.